The van der Waals surface area contributed by atoms with Crippen LogP contribution in [0.4, 0.5) is 0 Å². The van der Waals surface area contributed by atoms with Gasteiger partial charge in [-0.05, 0) is 50.2 Å². The van der Waals surface area contributed by atoms with E-state index in [1.54, 1.807) is 0 Å². The molecule has 0 amide bonds. The first-order valence-electron chi connectivity index (χ1n) is 14.4. The Labute approximate surface area is 236 Å². The molecule has 0 bridgehead atoms. The summed E-state index contributed by atoms with van der Waals surface area (Å²) in [4.78, 5) is 0. The molecule has 0 saturated carbocycles. The summed E-state index contributed by atoms with van der Waals surface area (Å²) >= 11 is 0. The van der Waals surface area contributed by atoms with E-state index in [4.69, 9.17) is 0 Å². The summed E-state index contributed by atoms with van der Waals surface area (Å²) in [5.41, 5.74) is 5.53. The minimum atomic E-state index is 0.260. The molecule has 0 heterocycles. The van der Waals surface area contributed by atoms with Gasteiger partial charge in [0, 0.05) is 0 Å². The first-order chi connectivity index (χ1) is 16.3. The third-order valence-electron chi connectivity index (χ3n) is 4.26. The molecule has 2 rings (SSSR count). The summed E-state index contributed by atoms with van der Waals surface area (Å²) in [6.07, 6.45) is 0. The molecule has 0 aromatic heterocycles. The molecule has 0 N–H and O–H groups in total. The van der Waals surface area contributed by atoms with E-state index in [9.17, 15) is 0 Å². The van der Waals surface area contributed by atoms with Crippen LogP contribution in [-0.2, 0) is 16.2 Å². The van der Waals surface area contributed by atoms with Crippen LogP contribution in [0.3, 0.4) is 0 Å². The van der Waals surface area contributed by atoms with E-state index < -0.39 is 0 Å². The van der Waals surface area contributed by atoms with Crippen LogP contribution >= 0.6 is 0 Å². The first kappa shape index (κ1) is 39.9. The van der Waals surface area contributed by atoms with E-state index in [2.05, 4.69) is 186 Å². The van der Waals surface area contributed by atoms with Gasteiger partial charge < -0.3 is 0 Å². The van der Waals surface area contributed by atoms with E-state index in [0.29, 0.717) is 10.8 Å². The lowest BCUT2D eigenvalue weighted by molar-refractivity contribution is 0.469. The predicted octanol–water partition coefficient (Wildman–Crippen LogP) is 12.6. The zero-order valence-corrected chi connectivity index (χ0v) is 28.9. The molecule has 37 heavy (non-hydrogen) atoms. The van der Waals surface area contributed by atoms with Crippen molar-refractivity contribution < 1.29 is 0 Å². The monoisotopic (exact) mass is 513 g/mol. The number of hydrogen-bond acceptors (Lipinski definition) is 0. The molecule has 2 aromatic carbocycles. The summed E-state index contributed by atoms with van der Waals surface area (Å²) in [6.45, 7) is 41.9. The van der Waals surface area contributed by atoms with Crippen molar-refractivity contribution in [3.63, 3.8) is 0 Å². The molecule has 0 fully saturated rings. The van der Waals surface area contributed by atoms with Gasteiger partial charge in [0.15, 0.2) is 0 Å². The Bertz CT molecular complexity index is 711. The molecule has 2 aromatic rings. The van der Waals surface area contributed by atoms with Gasteiger partial charge in [-0.1, -0.05) is 186 Å². The molecule has 0 unspecified atom stereocenters. The summed E-state index contributed by atoms with van der Waals surface area (Å²) < 4.78 is 0. The fourth-order valence-electron chi connectivity index (χ4n) is 2.41. The van der Waals surface area contributed by atoms with Crippen LogP contribution in [0, 0.1) is 17.3 Å². The van der Waals surface area contributed by atoms with Crippen molar-refractivity contribution in [1.29, 1.82) is 0 Å². The van der Waals surface area contributed by atoms with Crippen molar-refractivity contribution in [3.05, 3.63) is 71.3 Å². The minimum absolute atomic E-state index is 0.260. The van der Waals surface area contributed by atoms with Crippen molar-refractivity contribution >= 4 is 0 Å². The van der Waals surface area contributed by atoms with Gasteiger partial charge >= 0.3 is 0 Å². The molecule has 216 valence electrons. The van der Waals surface area contributed by atoms with E-state index in [1.165, 1.54) is 16.7 Å². The first-order valence-corrected chi connectivity index (χ1v) is 14.4. The SMILES string of the molecule is CC(C)(C)C.CC(C)(C)c1ccc(C(C)(C)C)cc1.CC(C)(C)c1ccccc1.CC(C)C.CC(C)C. The molecule has 0 aliphatic rings. The zero-order chi connectivity index (χ0) is 30.3. The van der Waals surface area contributed by atoms with E-state index in [0.717, 1.165) is 11.8 Å². The molecular weight excluding hydrogens is 444 g/mol. The van der Waals surface area contributed by atoms with Gasteiger partial charge in [0.05, 0.1) is 0 Å². The van der Waals surface area contributed by atoms with Crippen LogP contribution in [0.25, 0.3) is 0 Å². The smallest absolute Gasteiger partial charge is 0.0132 e. The summed E-state index contributed by atoms with van der Waals surface area (Å²) in [6, 6.07) is 19.6. The Morgan fingerprint density at radius 2 is 0.514 bits per heavy atom. The maximum absolute atomic E-state index is 2.25. The lowest BCUT2D eigenvalue weighted by Gasteiger charge is -2.23. The highest BCUT2D eigenvalue weighted by Gasteiger charge is 2.16. The van der Waals surface area contributed by atoms with Crippen LogP contribution in [0.2, 0.25) is 0 Å². The van der Waals surface area contributed by atoms with Gasteiger partial charge in [-0.3, -0.25) is 0 Å². The molecule has 0 radical (unpaired) electrons. The van der Waals surface area contributed by atoms with Crippen molar-refractivity contribution in [1.82, 2.24) is 0 Å². The molecular formula is C37H68. The quantitative estimate of drug-likeness (QED) is 0.329. The summed E-state index contributed by atoms with van der Waals surface area (Å²) in [5, 5.41) is 0. The third-order valence-corrected chi connectivity index (χ3v) is 4.26. The van der Waals surface area contributed by atoms with Gasteiger partial charge in [0.25, 0.3) is 0 Å². The Hall–Kier alpha value is -1.56. The minimum Gasteiger partial charge on any atom is -0.0630 e. The van der Waals surface area contributed by atoms with Crippen LogP contribution in [-0.4, -0.2) is 0 Å². The largest absolute Gasteiger partial charge is 0.0630 e. The lowest BCUT2D eigenvalue weighted by atomic mass is 9.82. The van der Waals surface area contributed by atoms with Crippen LogP contribution in [0.1, 0.15) is 148 Å². The summed E-state index contributed by atoms with van der Waals surface area (Å²) in [7, 11) is 0. The predicted molar refractivity (Wildman–Crippen MR) is 175 cm³/mol. The summed E-state index contributed by atoms with van der Waals surface area (Å²) in [5.74, 6) is 1.67. The van der Waals surface area contributed by atoms with Crippen molar-refractivity contribution in [2.75, 3.05) is 0 Å². The number of hydrogen-bond donors (Lipinski definition) is 0. The highest BCUT2D eigenvalue weighted by atomic mass is 14.2. The Balaban J connectivity index is -0.000000437. The molecule has 0 aliphatic carbocycles. The van der Waals surface area contributed by atoms with Gasteiger partial charge in [-0.2, -0.15) is 0 Å². The van der Waals surface area contributed by atoms with E-state index in [-0.39, 0.29) is 10.8 Å². The van der Waals surface area contributed by atoms with Crippen molar-refractivity contribution in [2.24, 2.45) is 17.3 Å². The Morgan fingerprint density at radius 1 is 0.351 bits per heavy atom. The topological polar surface area (TPSA) is 0 Å². The van der Waals surface area contributed by atoms with E-state index >= 15 is 0 Å². The van der Waals surface area contributed by atoms with Crippen LogP contribution < -0.4 is 0 Å². The average Bonchev–Trinajstić information content (AvgIpc) is 2.65. The third kappa shape index (κ3) is 30.6. The molecule has 0 saturated heterocycles. The van der Waals surface area contributed by atoms with Gasteiger partial charge in [0.2, 0.25) is 0 Å². The second kappa shape index (κ2) is 17.9. The second-order valence-electron chi connectivity index (χ2n) is 16.2. The van der Waals surface area contributed by atoms with Crippen LogP contribution in [0.5, 0.6) is 0 Å². The maximum atomic E-state index is 2.25. The fourth-order valence-corrected chi connectivity index (χ4v) is 2.41. The van der Waals surface area contributed by atoms with E-state index in [1.807, 2.05) is 0 Å². The van der Waals surface area contributed by atoms with Gasteiger partial charge in [-0.25, -0.2) is 0 Å². The highest BCUT2D eigenvalue weighted by molar-refractivity contribution is 5.31. The van der Waals surface area contributed by atoms with Gasteiger partial charge in [0.1, 0.15) is 0 Å². The van der Waals surface area contributed by atoms with Crippen LogP contribution in [0.15, 0.2) is 54.6 Å². The Morgan fingerprint density at radius 3 is 0.649 bits per heavy atom. The molecule has 0 nitrogen and oxygen atoms in total. The lowest BCUT2D eigenvalue weighted by Crippen LogP contribution is -2.14. The standard InChI is InChI=1S/C14H22.C10H14.C5H12.2C4H10/c1-13(2,3)11-7-9-12(10-8-11)14(4,5)6;1-10(2,3)9-7-5-4-6-8-9;1-5(2,3)4;2*1-4(2)3/h7-10H,1-6H3;4-8H,1-3H3;1-4H3;2*4H,1-3H3. The van der Waals surface area contributed by atoms with Crippen molar-refractivity contribution in [3.8, 4) is 0 Å². The number of rotatable bonds is 0. The average molecular weight is 513 g/mol. The second-order valence-corrected chi connectivity index (χ2v) is 16.2. The van der Waals surface area contributed by atoms with Crippen molar-refractivity contribution in [2.45, 2.75) is 148 Å². The molecule has 0 spiro atoms. The molecule has 0 heteroatoms. The van der Waals surface area contributed by atoms with Gasteiger partial charge in [-0.15, -0.1) is 0 Å². The normalized spacial score (nSPS) is 11.6. The fraction of sp³-hybridized carbons (Fsp3) is 0.676. The molecule has 0 aliphatic heterocycles. The zero-order valence-electron chi connectivity index (χ0n) is 28.9. The number of benzene rings is 2. The highest BCUT2D eigenvalue weighted by Crippen LogP contribution is 2.27. The maximum Gasteiger partial charge on any atom is -0.0132 e. The Kier molecular flexibility index (Phi) is 19.3. The molecule has 0 atom stereocenters.